The summed E-state index contributed by atoms with van der Waals surface area (Å²) in [7, 11) is 0. The van der Waals surface area contributed by atoms with Gasteiger partial charge in [0.05, 0.1) is 12.7 Å². The number of hydrogen-bond donors (Lipinski definition) is 2. The van der Waals surface area contributed by atoms with Crippen LogP contribution in [0.1, 0.15) is 18.4 Å². The van der Waals surface area contributed by atoms with Gasteiger partial charge in [0.2, 0.25) is 5.91 Å². The number of nitrogens with one attached hydrogen (secondary N) is 2. The number of aryl methyl sites for hydroxylation is 1. The van der Waals surface area contributed by atoms with Gasteiger partial charge in [0.25, 0.3) is 0 Å². The number of rotatable bonds is 6. The molecule has 0 aliphatic carbocycles. The van der Waals surface area contributed by atoms with Crippen molar-refractivity contribution in [1.82, 2.24) is 10.6 Å². The maximum Gasteiger partial charge on any atom is 0.220 e. The molecule has 104 valence electrons. The van der Waals surface area contributed by atoms with Crippen LogP contribution in [-0.4, -0.2) is 38.3 Å². The highest BCUT2D eigenvalue weighted by Crippen LogP contribution is 2.04. The first-order valence-electron chi connectivity index (χ1n) is 6.97. The second-order valence-corrected chi connectivity index (χ2v) is 4.84. The first-order chi connectivity index (χ1) is 9.34. The van der Waals surface area contributed by atoms with Crippen LogP contribution in [0, 0.1) is 0 Å². The number of carbonyl (C=O) groups excluding carboxylic acids is 1. The molecule has 2 rings (SSSR count). The van der Waals surface area contributed by atoms with Crippen LogP contribution in [0.15, 0.2) is 30.3 Å². The van der Waals surface area contributed by atoms with Gasteiger partial charge < -0.3 is 15.4 Å². The fourth-order valence-electron chi connectivity index (χ4n) is 2.16. The lowest BCUT2D eigenvalue weighted by molar-refractivity contribution is -0.122. The van der Waals surface area contributed by atoms with Gasteiger partial charge in [0, 0.05) is 26.1 Å². The molecule has 0 saturated carbocycles. The summed E-state index contributed by atoms with van der Waals surface area (Å²) >= 11 is 0. The van der Waals surface area contributed by atoms with Crippen molar-refractivity contribution in [3.63, 3.8) is 0 Å². The normalized spacial score (nSPS) is 19.1. The summed E-state index contributed by atoms with van der Waals surface area (Å²) in [4.78, 5) is 11.7. The average molecular weight is 262 g/mol. The lowest BCUT2D eigenvalue weighted by Crippen LogP contribution is -2.45. The second kappa shape index (κ2) is 7.92. The summed E-state index contributed by atoms with van der Waals surface area (Å²) < 4.78 is 5.52. The van der Waals surface area contributed by atoms with Crippen LogP contribution in [0.5, 0.6) is 0 Å². The van der Waals surface area contributed by atoms with Gasteiger partial charge in [-0.1, -0.05) is 30.3 Å². The van der Waals surface area contributed by atoms with Gasteiger partial charge in [0.15, 0.2) is 0 Å². The fraction of sp³-hybridized carbons (Fsp3) is 0.533. The Morgan fingerprint density at radius 1 is 1.37 bits per heavy atom. The van der Waals surface area contributed by atoms with E-state index in [2.05, 4.69) is 22.8 Å². The summed E-state index contributed by atoms with van der Waals surface area (Å²) in [6.45, 7) is 3.07. The molecule has 19 heavy (non-hydrogen) atoms. The van der Waals surface area contributed by atoms with Gasteiger partial charge in [-0.2, -0.15) is 0 Å². The van der Waals surface area contributed by atoms with Crippen molar-refractivity contribution in [2.75, 3.05) is 26.2 Å². The number of benzene rings is 1. The van der Waals surface area contributed by atoms with Gasteiger partial charge in [-0.25, -0.2) is 0 Å². The van der Waals surface area contributed by atoms with Crippen LogP contribution < -0.4 is 10.6 Å². The van der Waals surface area contributed by atoms with Crippen LogP contribution in [-0.2, 0) is 16.0 Å². The minimum atomic E-state index is 0.116. The molecule has 1 fully saturated rings. The molecular weight excluding hydrogens is 240 g/mol. The monoisotopic (exact) mass is 262 g/mol. The van der Waals surface area contributed by atoms with Crippen molar-refractivity contribution >= 4 is 5.91 Å². The Morgan fingerprint density at radius 3 is 2.95 bits per heavy atom. The molecule has 1 aromatic rings. The van der Waals surface area contributed by atoms with Gasteiger partial charge in [-0.3, -0.25) is 4.79 Å². The molecule has 1 aliphatic rings. The number of ether oxygens (including phenoxy) is 1. The Balaban J connectivity index is 1.57. The van der Waals surface area contributed by atoms with E-state index in [-0.39, 0.29) is 12.0 Å². The highest BCUT2D eigenvalue weighted by molar-refractivity contribution is 5.75. The van der Waals surface area contributed by atoms with E-state index in [1.165, 1.54) is 5.56 Å². The molecule has 2 N–H and O–H groups in total. The summed E-state index contributed by atoms with van der Waals surface area (Å²) in [5.41, 5.74) is 1.29. The molecule has 1 amide bonds. The van der Waals surface area contributed by atoms with Gasteiger partial charge >= 0.3 is 0 Å². The van der Waals surface area contributed by atoms with Crippen molar-refractivity contribution in [3.05, 3.63) is 35.9 Å². The third-order valence-corrected chi connectivity index (χ3v) is 3.24. The molecule has 1 unspecified atom stereocenters. The molecule has 1 aliphatic heterocycles. The van der Waals surface area contributed by atoms with Gasteiger partial charge in [-0.05, 0) is 18.4 Å². The number of morpholine rings is 1. The molecule has 4 nitrogen and oxygen atoms in total. The van der Waals surface area contributed by atoms with Crippen molar-refractivity contribution in [2.24, 2.45) is 0 Å². The van der Waals surface area contributed by atoms with E-state index in [0.717, 1.165) is 32.5 Å². The lowest BCUT2D eigenvalue weighted by Gasteiger charge is -2.23. The Morgan fingerprint density at radius 2 is 2.21 bits per heavy atom. The minimum absolute atomic E-state index is 0.116. The zero-order valence-corrected chi connectivity index (χ0v) is 11.2. The van der Waals surface area contributed by atoms with E-state index >= 15 is 0 Å². The number of amides is 1. The van der Waals surface area contributed by atoms with Crippen LogP contribution in [0.2, 0.25) is 0 Å². The minimum Gasteiger partial charge on any atom is -0.374 e. The summed E-state index contributed by atoms with van der Waals surface area (Å²) in [6.07, 6.45) is 2.54. The van der Waals surface area contributed by atoms with Gasteiger partial charge in [-0.15, -0.1) is 0 Å². The maximum absolute atomic E-state index is 11.7. The topological polar surface area (TPSA) is 50.4 Å². The SMILES string of the molecule is O=C(CCCc1ccccc1)NCC1CNCCO1. The predicted molar refractivity (Wildman–Crippen MR) is 75.0 cm³/mol. The third kappa shape index (κ3) is 5.41. The number of carbonyl (C=O) groups is 1. The maximum atomic E-state index is 11.7. The Kier molecular flexibility index (Phi) is 5.85. The predicted octanol–water partition coefficient (Wildman–Crippen LogP) is 1.11. The molecule has 4 heteroatoms. The highest BCUT2D eigenvalue weighted by Gasteiger charge is 2.13. The Hall–Kier alpha value is -1.39. The van der Waals surface area contributed by atoms with E-state index in [1.807, 2.05) is 18.2 Å². The largest absolute Gasteiger partial charge is 0.374 e. The van der Waals surface area contributed by atoms with Crippen molar-refractivity contribution in [3.8, 4) is 0 Å². The van der Waals surface area contributed by atoms with E-state index in [1.54, 1.807) is 0 Å². The van der Waals surface area contributed by atoms with Crippen LogP contribution in [0.25, 0.3) is 0 Å². The lowest BCUT2D eigenvalue weighted by atomic mass is 10.1. The average Bonchev–Trinajstić information content (AvgIpc) is 2.47. The van der Waals surface area contributed by atoms with Crippen molar-refractivity contribution < 1.29 is 9.53 Å². The molecule has 1 aromatic carbocycles. The molecule has 0 radical (unpaired) electrons. The van der Waals surface area contributed by atoms with Crippen LogP contribution in [0.4, 0.5) is 0 Å². The van der Waals surface area contributed by atoms with E-state index in [4.69, 9.17) is 4.74 Å². The van der Waals surface area contributed by atoms with E-state index in [9.17, 15) is 4.79 Å². The highest BCUT2D eigenvalue weighted by atomic mass is 16.5. The first kappa shape index (κ1) is 14.0. The Bertz CT molecular complexity index is 375. The molecule has 1 atom stereocenters. The molecule has 0 spiro atoms. The summed E-state index contributed by atoms with van der Waals surface area (Å²) in [5, 5.41) is 6.18. The summed E-state index contributed by atoms with van der Waals surface area (Å²) in [5.74, 6) is 0.116. The second-order valence-electron chi connectivity index (χ2n) is 4.84. The zero-order valence-electron chi connectivity index (χ0n) is 11.2. The fourth-order valence-corrected chi connectivity index (χ4v) is 2.16. The Labute approximate surface area is 114 Å². The molecular formula is C15H22N2O2. The summed E-state index contributed by atoms with van der Waals surface area (Å²) in [6, 6.07) is 10.3. The quantitative estimate of drug-likeness (QED) is 0.807. The van der Waals surface area contributed by atoms with Crippen molar-refractivity contribution in [2.45, 2.75) is 25.4 Å². The third-order valence-electron chi connectivity index (χ3n) is 3.24. The molecule has 0 bridgehead atoms. The molecule has 0 aromatic heterocycles. The van der Waals surface area contributed by atoms with Crippen LogP contribution in [0.3, 0.4) is 0 Å². The zero-order chi connectivity index (χ0) is 13.3. The van der Waals surface area contributed by atoms with Crippen LogP contribution >= 0.6 is 0 Å². The van der Waals surface area contributed by atoms with Gasteiger partial charge in [0.1, 0.15) is 0 Å². The molecule has 1 saturated heterocycles. The smallest absolute Gasteiger partial charge is 0.220 e. The number of hydrogen-bond acceptors (Lipinski definition) is 3. The van der Waals surface area contributed by atoms with E-state index in [0.29, 0.717) is 13.0 Å². The first-order valence-corrected chi connectivity index (χ1v) is 6.97. The molecule has 1 heterocycles. The van der Waals surface area contributed by atoms with Crippen molar-refractivity contribution in [1.29, 1.82) is 0 Å². The van der Waals surface area contributed by atoms with E-state index < -0.39 is 0 Å². The standard InChI is InChI=1S/C15H22N2O2/c18-15(17-12-14-11-16-9-10-19-14)8-4-7-13-5-2-1-3-6-13/h1-3,5-6,14,16H,4,7-12H2,(H,17,18).